The molecule has 0 spiro atoms. The molecule has 0 aromatic carbocycles. The largest absolute Gasteiger partial charge is 0.243 e. The van der Waals surface area contributed by atoms with Crippen LogP contribution in [0.1, 0.15) is 39.0 Å². The molecule has 0 amide bonds. The van der Waals surface area contributed by atoms with Crippen LogP contribution in [0.15, 0.2) is 36.5 Å². The van der Waals surface area contributed by atoms with Crippen molar-refractivity contribution in [2.24, 2.45) is 5.92 Å². The molecule has 0 bridgehead atoms. The fraction of sp³-hybridized carbons (Fsp3) is 0.600. The Morgan fingerprint density at radius 2 is 2.00 bits per heavy atom. The van der Waals surface area contributed by atoms with E-state index in [1.165, 1.54) is 37.7 Å². The molecule has 2 unspecified atom stereocenters. The van der Waals surface area contributed by atoms with E-state index in [9.17, 15) is 0 Å². The van der Waals surface area contributed by atoms with Crippen molar-refractivity contribution in [2.45, 2.75) is 49.8 Å². The molecule has 1 aliphatic heterocycles. The Morgan fingerprint density at radius 1 is 1.22 bits per heavy atom. The smallest absolute Gasteiger partial charge is 0.0932 e. The summed E-state index contributed by atoms with van der Waals surface area (Å²) in [6.45, 7) is 5.95. The van der Waals surface area contributed by atoms with Crippen LogP contribution in [-0.2, 0) is 0 Å². The Labute approximate surface area is 115 Å². The highest BCUT2D eigenvalue weighted by Gasteiger charge is 2.32. The van der Waals surface area contributed by atoms with E-state index in [0.717, 1.165) is 5.92 Å². The highest BCUT2D eigenvalue weighted by atomic mass is 32.2. The molecule has 3 heteroatoms. The normalized spacial score (nSPS) is 31.1. The summed E-state index contributed by atoms with van der Waals surface area (Å²) in [4.78, 5) is 0. The standard InChI is InChI=1S/C15H24N2S/c1-3-5-9-12(4-2)14-16-17-15(18-14)13-10-7-6-8-11-13/h3-5,9,13-17H,2,6-8,10-11H2,1H3/b5-3+,12-9+. The minimum Gasteiger partial charge on any atom is -0.243 e. The molecule has 2 aliphatic rings. The van der Waals surface area contributed by atoms with Crippen molar-refractivity contribution >= 4 is 11.8 Å². The third-order valence-electron chi connectivity index (χ3n) is 3.74. The second kappa shape index (κ2) is 7.17. The number of hydrazine groups is 1. The maximum atomic E-state index is 3.91. The third kappa shape index (κ3) is 3.50. The maximum Gasteiger partial charge on any atom is 0.0932 e. The first-order valence-electron chi connectivity index (χ1n) is 6.97. The van der Waals surface area contributed by atoms with Gasteiger partial charge in [-0.2, -0.15) is 0 Å². The summed E-state index contributed by atoms with van der Waals surface area (Å²) in [5, 5.41) is 0.898. The summed E-state index contributed by atoms with van der Waals surface area (Å²) < 4.78 is 0. The molecule has 1 aliphatic carbocycles. The van der Waals surface area contributed by atoms with E-state index in [4.69, 9.17) is 0 Å². The average molecular weight is 264 g/mol. The predicted molar refractivity (Wildman–Crippen MR) is 81.1 cm³/mol. The van der Waals surface area contributed by atoms with E-state index >= 15 is 0 Å². The van der Waals surface area contributed by atoms with Crippen LogP contribution < -0.4 is 10.9 Å². The number of hydrogen-bond acceptors (Lipinski definition) is 3. The SMILES string of the molecule is C=C/C(=C\C=C\C)C1NNC(C2CCCCC2)S1. The van der Waals surface area contributed by atoms with Crippen LogP contribution in [-0.4, -0.2) is 10.7 Å². The Balaban J connectivity index is 1.92. The molecule has 0 aromatic heterocycles. The average Bonchev–Trinajstić information content (AvgIpc) is 2.90. The quantitative estimate of drug-likeness (QED) is 0.756. The van der Waals surface area contributed by atoms with Gasteiger partial charge in [0.25, 0.3) is 0 Å². The van der Waals surface area contributed by atoms with Gasteiger partial charge in [0, 0.05) is 0 Å². The van der Waals surface area contributed by atoms with Gasteiger partial charge in [0.15, 0.2) is 0 Å². The van der Waals surface area contributed by atoms with Gasteiger partial charge in [0.05, 0.1) is 10.7 Å². The van der Waals surface area contributed by atoms with Gasteiger partial charge in [-0.1, -0.05) is 50.1 Å². The van der Waals surface area contributed by atoms with Gasteiger partial charge in [0.1, 0.15) is 0 Å². The van der Waals surface area contributed by atoms with Crippen molar-refractivity contribution in [2.75, 3.05) is 0 Å². The summed E-state index contributed by atoms with van der Waals surface area (Å²) in [6.07, 6.45) is 15.2. The number of rotatable bonds is 4. The number of nitrogens with one attached hydrogen (secondary N) is 2. The third-order valence-corrected chi connectivity index (χ3v) is 5.20. The summed E-state index contributed by atoms with van der Waals surface area (Å²) >= 11 is 2.00. The van der Waals surface area contributed by atoms with Gasteiger partial charge in [-0.05, 0) is 31.3 Å². The van der Waals surface area contributed by atoms with Crippen LogP contribution in [0.4, 0.5) is 0 Å². The van der Waals surface area contributed by atoms with E-state index in [-0.39, 0.29) is 0 Å². The fourth-order valence-electron chi connectivity index (χ4n) is 2.67. The van der Waals surface area contributed by atoms with Gasteiger partial charge in [-0.3, -0.25) is 0 Å². The van der Waals surface area contributed by atoms with E-state index < -0.39 is 0 Å². The molecule has 0 radical (unpaired) electrons. The lowest BCUT2D eigenvalue weighted by atomic mass is 9.89. The lowest BCUT2D eigenvalue weighted by Crippen LogP contribution is -2.37. The minimum atomic E-state index is 0.339. The van der Waals surface area contributed by atoms with Crippen molar-refractivity contribution in [3.8, 4) is 0 Å². The predicted octanol–water partition coefficient (Wildman–Crippen LogP) is 3.75. The number of hydrogen-bond donors (Lipinski definition) is 2. The molecule has 18 heavy (non-hydrogen) atoms. The zero-order valence-electron chi connectivity index (χ0n) is 11.2. The van der Waals surface area contributed by atoms with Crippen molar-refractivity contribution in [1.29, 1.82) is 0 Å². The fourth-order valence-corrected chi connectivity index (χ4v) is 4.06. The summed E-state index contributed by atoms with van der Waals surface area (Å²) in [5.41, 5.74) is 8.12. The van der Waals surface area contributed by atoms with Crippen LogP contribution in [0.3, 0.4) is 0 Å². The van der Waals surface area contributed by atoms with Crippen molar-refractivity contribution in [3.05, 3.63) is 36.5 Å². The highest BCUT2D eigenvalue weighted by molar-refractivity contribution is 8.00. The van der Waals surface area contributed by atoms with Gasteiger partial charge < -0.3 is 0 Å². The van der Waals surface area contributed by atoms with Gasteiger partial charge >= 0.3 is 0 Å². The van der Waals surface area contributed by atoms with Gasteiger partial charge in [-0.15, -0.1) is 11.8 Å². The molecular formula is C15H24N2S. The summed E-state index contributed by atoms with van der Waals surface area (Å²) in [7, 11) is 0. The molecule has 2 N–H and O–H groups in total. The Kier molecular flexibility index (Phi) is 5.54. The molecule has 100 valence electrons. The van der Waals surface area contributed by atoms with Crippen LogP contribution >= 0.6 is 11.8 Å². The van der Waals surface area contributed by atoms with Crippen molar-refractivity contribution < 1.29 is 0 Å². The molecule has 2 nitrogen and oxygen atoms in total. The summed E-state index contributed by atoms with van der Waals surface area (Å²) in [5.74, 6) is 0.828. The van der Waals surface area contributed by atoms with Crippen molar-refractivity contribution in [3.63, 3.8) is 0 Å². The van der Waals surface area contributed by atoms with Gasteiger partial charge in [-0.25, -0.2) is 10.9 Å². The zero-order valence-corrected chi connectivity index (χ0v) is 12.0. The topological polar surface area (TPSA) is 24.1 Å². The first kappa shape index (κ1) is 13.9. The molecule has 1 heterocycles. The van der Waals surface area contributed by atoms with Crippen molar-refractivity contribution in [1.82, 2.24) is 10.9 Å². The molecule has 2 atom stereocenters. The van der Waals surface area contributed by atoms with E-state index in [1.807, 2.05) is 24.8 Å². The molecular weight excluding hydrogens is 240 g/mol. The minimum absolute atomic E-state index is 0.339. The Hall–Kier alpha value is -0.510. The molecule has 0 aromatic rings. The van der Waals surface area contributed by atoms with Crippen LogP contribution in [0.25, 0.3) is 0 Å². The Morgan fingerprint density at radius 3 is 2.67 bits per heavy atom. The number of allylic oxidation sites excluding steroid dienone is 3. The second-order valence-electron chi connectivity index (χ2n) is 5.02. The lowest BCUT2D eigenvalue weighted by Gasteiger charge is -2.26. The molecule has 1 saturated carbocycles. The van der Waals surface area contributed by atoms with Crippen LogP contribution in [0, 0.1) is 5.92 Å². The van der Waals surface area contributed by atoms with E-state index in [1.54, 1.807) is 0 Å². The first-order valence-corrected chi connectivity index (χ1v) is 7.91. The Bertz CT molecular complexity index is 329. The van der Waals surface area contributed by atoms with E-state index in [2.05, 4.69) is 35.7 Å². The van der Waals surface area contributed by atoms with Crippen LogP contribution in [0.5, 0.6) is 0 Å². The molecule has 2 fully saturated rings. The number of thioether (sulfide) groups is 1. The lowest BCUT2D eigenvalue weighted by molar-refractivity contribution is 0.318. The van der Waals surface area contributed by atoms with Gasteiger partial charge in [0.2, 0.25) is 0 Å². The maximum absolute atomic E-state index is 3.91. The second-order valence-corrected chi connectivity index (χ2v) is 6.27. The highest BCUT2D eigenvalue weighted by Crippen LogP contribution is 2.36. The monoisotopic (exact) mass is 264 g/mol. The molecule has 2 rings (SSSR count). The molecule has 1 saturated heterocycles. The zero-order chi connectivity index (χ0) is 12.8. The summed E-state index contributed by atoms with van der Waals surface area (Å²) in [6, 6.07) is 0. The first-order chi connectivity index (χ1) is 8.85. The van der Waals surface area contributed by atoms with E-state index in [0.29, 0.717) is 10.7 Å². The van der Waals surface area contributed by atoms with Crippen LogP contribution in [0.2, 0.25) is 0 Å².